The Hall–Kier alpha value is -2.57. The smallest absolute Gasteiger partial charge is 0.410 e. The molecule has 1 amide bonds. The zero-order valence-electron chi connectivity index (χ0n) is 21.2. The lowest BCUT2D eigenvalue weighted by Crippen LogP contribution is -2.38. The number of carboxylic acids is 1. The first-order valence-corrected chi connectivity index (χ1v) is 10.5. The molecule has 7 heteroatoms. The number of carboxylic acid groups (broad SMARTS) is 1. The third-order valence-corrected chi connectivity index (χ3v) is 4.61. The minimum atomic E-state index is -2.15. The second-order valence-corrected chi connectivity index (χ2v) is 9.90. The summed E-state index contributed by atoms with van der Waals surface area (Å²) in [4.78, 5) is 38.4. The fraction of sp³-hybridized carbons (Fsp3) is 0.625. The predicted molar refractivity (Wildman–Crippen MR) is 117 cm³/mol. The highest BCUT2D eigenvalue weighted by atomic mass is 16.6. The van der Waals surface area contributed by atoms with Crippen LogP contribution in [0, 0.1) is 11.8 Å². The van der Waals surface area contributed by atoms with Crippen molar-refractivity contribution in [1.29, 1.82) is 0 Å². The van der Waals surface area contributed by atoms with Crippen molar-refractivity contribution in [3.05, 3.63) is 35.4 Å². The first kappa shape index (κ1) is 21.7. The van der Waals surface area contributed by atoms with E-state index in [1.807, 2.05) is 0 Å². The lowest BCUT2D eigenvalue weighted by Gasteiger charge is -2.28. The molecule has 0 bridgehead atoms. The van der Waals surface area contributed by atoms with E-state index in [9.17, 15) is 14.4 Å². The molecule has 31 heavy (non-hydrogen) atoms. The first-order chi connectivity index (χ1) is 15.0. The van der Waals surface area contributed by atoms with Crippen LogP contribution in [-0.4, -0.2) is 52.3 Å². The van der Waals surface area contributed by atoms with Crippen LogP contribution in [-0.2, 0) is 31.9 Å². The van der Waals surface area contributed by atoms with Gasteiger partial charge in [-0.15, -0.1) is 0 Å². The number of esters is 1. The lowest BCUT2D eigenvalue weighted by atomic mass is 9.85. The molecule has 0 aliphatic carbocycles. The zero-order valence-corrected chi connectivity index (χ0v) is 19.2. The van der Waals surface area contributed by atoms with Crippen LogP contribution >= 0.6 is 0 Å². The van der Waals surface area contributed by atoms with Crippen molar-refractivity contribution in [3.63, 3.8) is 0 Å². The van der Waals surface area contributed by atoms with Crippen LogP contribution in [0.4, 0.5) is 4.79 Å². The number of hydrogen-bond acceptors (Lipinski definition) is 5. The molecule has 1 N–H and O–H groups in total. The SMILES string of the molecule is [2H]C([2H])(c1cccc(CC(=O)O)c1)[C@H](C(=O)OC(C)(C)C)[C@H]1CCN(C(=O)OC(C)(C)C)C1. The van der Waals surface area contributed by atoms with Gasteiger partial charge in [0.2, 0.25) is 0 Å². The van der Waals surface area contributed by atoms with Gasteiger partial charge < -0.3 is 19.5 Å². The third kappa shape index (κ3) is 8.23. The molecule has 2 atom stereocenters. The number of carbonyl (C=O) groups is 3. The molecule has 0 saturated carbocycles. The van der Waals surface area contributed by atoms with Gasteiger partial charge in [0.05, 0.1) is 12.3 Å². The van der Waals surface area contributed by atoms with E-state index in [1.54, 1.807) is 59.7 Å². The molecule has 1 aromatic rings. The van der Waals surface area contributed by atoms with Crippen molar-refractivity contribution in [2.24, 2.45) is 11.8 Å². The van der Waals surface area contributed by atoms with Gasteiger partial charge in [-0.1, -0.05) is 24.3 Å². The van der Waals surface area contributed by atoms with Crippen molar-refractivity contribution in [2.45, 2.75) is 72.0 Å². The van der Waals surface area contributed by atoms with E-state index >= 15 is 0 Å². The standard InChI is InChI=1S/C24H35NO6/c1-23(2,3)30-21(28)19(13-16-8-7-9-17(12-16)14-20(26)27)18-10-11-25(15-18)22(29)31-24(4,5)6/h7-9,12,18-19H,10-11,13-15H2,1-6H3,(H,26,27)/t18-,19-/m0/s1/i13D2. The fourth-order valence-corrected chi connectivity index (χ4v) is 3.41. The number of benzene rings is 1. The molecule has 1 fully saturated rings. The van der Waals surface area contributed by atoms with E-state index in [-0.39, 0.29) is 18.5 Å². The number of nitrogens with zero attached hydrogens (tertiary/aromatic N) is 1. The molecule has 1 aliphatic rings. The molecule has 1 aromatic carbocycles. The molecule has 0 radical (unpaired) electrons. The van der Waals surface area contributed by atoms with E-state index in [2.05, 4.69) is 0 Å². The Morgan fingerprint density at radius 2 is 1.74 bits per heavy atom. The summed E-state index contributed by atoms with van der Waals surface area (Å²) in [7, 11) is 0. The van der Waals surface area contributed by atoms with E-state index < -0.39 is 47.4 Å². The van der Waals surface area contributed by atoms with Gasteiger partial charge in [-0.3, -0.25) is 9.59 Å². The van der Waals surface area contributed by atoms with E-state index in [4.69, 9.17) is 17.3 Å². The highest BCUT2D eigenvalue weighted by Gasteiger charge is 2.39. The Morgan fingerprint density at radius 3 is 2.32 bits per heavy atom. The molecular weight excluding hydrogens is 398 g/mol. The predicted octanol–water partition coefficient (Wildman–Crippen LogP) is 4.07. The average Bonchev–Trinajstić information content (AvgIpc) is 3.07. The maximum absolute atomic E-state index is 13.2. The van der Waals surface area contributed by atoms with Crippen LogP contribution in [0.3, 0.4) is 0 Å². The Bertz CT molecular complexity index is 888. The fourth-order valence-electron chi connectivity index (χ4n) is 3.41. The summed E-state index contributed by atoms with van der Waals surface area (Å²) in [6.45, 7) is 11.0. The number of hydrogen-bond donors (Lipinski definition) is 1. The van der Waals surface area contributed by atoms with Gasteiger partial charge in [0.1, 0.15) is 11.2 Å². The maximum Gasteiger partial charge on any atom is 0.410 e. The minimum absolute atomic E-state index is 0.160. The average molecular weight is 436 g/mol. The van der Waals surface area contributed by atoms with Gasteiger partial charge >= 0.3 is 18.0 Å². The second kappa shape index (κ2) is 9.71. The molecule has 1 heterocycles. The van der Waals surface area contributed by atoms with Crippen LogP contribution < -0.4 is 0 Å². The second-order valence-electron chi connectivity index (χ2n) is 9.90. The summed E-state index contributed by atoms with van der Waals surface area (Å²) in [6, 6.07) is 6.21. The molecule has 7 nitrogen and oxygen atoms in total. The molecule has 0 aromatic heterocycles. The van der Waals surface area contributed by atoms with Crippen molar-refractivity contribution < 1.29 is 31.7 Å². The molecule has 172 valence electrons. The molecule has 1 aliphatic heterocycles. The molecular formula is C24H35NO6. The van der Waals surface area contributed by atoms with Crippen molar-refractivity contribution in [1.82, 2.24) is 4.90 Å². The normalized spacial score (nSPS) is 19.3. The third-order valence-electron chi connectivity index (χ3n) is 4.61. The van der Waals surface area contributed by atoms with E-state index in [1.165, 1.54) is 11.0 Å². The van der Waals surface area contributed by atoms with Crippen LogP contribution in [0.2, 0.25) is 0 Å². The van der Waals surface area contributed by atoms with Gasteiger partial charge in [-0.25, -0.2) is 4.79 Å². The summed E-state index contributed by atoms with van der Waals surface area (Å²) in [5.41, 5.74) is -0.847. The number of aliphatic carboxylic acids is 1. The summed E-state index contributed by atoms with van der Waals surface area (Å²) in [6.07, 6.45) is -2.49. The van der Waals surface area contributed by atoms with Crippen molar-refractivity contribution in [3.8, 4) is 0 Å². The Kier molecular flexibility index (Phi) is 6.78. The number of ether oxygens (including phenoxy) is 2. The Morgan fingerprint density at radius 1 is 1.13 bits per heavy atom. The van der Waals surface area contributed by atoms with Crippen LogP contribution in [0.25, 0.3) is 0 Å². The Labute approximate surface area is 187 Å². The van der Waals surface area contributed by atoms with Gasteiger partial charge in [-0.05, 0) is 71.4 Å². The lowest BCUT2D eigenvalue weighted by molar-refractivity contribution is -0.162. The topological polar surface area (TPSA) is 93.1 Å². The molecule has 0 unspecified atom stereocenters. The largest absolute Gasteiger partial charge is 0.481 e. The maximum atomic E-state index is 13.2. The Balaban J connectivity index is 2.38. The van der Waals surface area contributed by atoms with Gasteiger partial charge in [0, 0.05) is 15.8 Å². The number of amides is 1. The van der Waals surface area contributed by atoms with Crippen LogP contribution in [0.5, 0.6) is 0 Å². The summed E-state index contributed by atoms with van der Waals surface area (Å²) >= 11 is 0. The van der Waals surface area contributed by atoms with E-state index in [0.717, 1.165) is 0 Å². The van der Waals surface area contributed by atoms with Gasteiger partial charge in [0.25, 0.3) is 0 Å². The van der Waals surface area contributed by atoms with Crippen molar-refractivity contribution >= 4 is 18.0 Å². The van der Waals surface area contributed by atoms with Gasteiger partial charge in [-0.2, -0.15) is 0 Å². The highest BCUT2D eigenvalue weighted by molar-refractivity contribution is 5.74. The van der Waals surface area contributed by atoms with Crippen molar-refractivity contribution in [2.75, 3.05) is 13.1 Å². The van der Waals surface area contributed by atoms with Gasteiger partial charge in [0.15, 0.2) is 0 Å². The summed E-state index contributed by atoms with van der Waals surface area (Å²) in [5.74, 6) is -3.40. The minimum Gasteiger partial charge on any atom is -0.481 e. The summed E-state index contributed by atoms with van der Waals surface area (Å²) in [5, 5.41) is 9.10. The van der Waals surface area contributed by atoms with E-state index in [0.29, 0.717) is 18.5 Å². The van der Waals surface area contributed by atoms with Crippen LogP contribution in [0.1, 0.15) is 61.8 Å². The zero-order chi connectivity index (χ0) is 25.2. The number of likely N-dealkylation sites (tertiary alicyclic amines) is 1. The van der Waals surface area contributed by atoms with Crippen LogP contribution in [0.15, 0.2) is 24.3 Å². The highest BCUT2D eigenvalue weighted by Crippen LogP contribution is 2.30. The number of carbonyl (C=O) groups excluding carboxylic acids is 2. The molecule has 1 saturated heterocycles. The first-order valence-electron chi connectivity index (χ1n) is 11.5. The number of rotatable bonds is 6. The monoisotopic (exact) mass is 435 g/mol. The quantitative estimate of drug-likeness (QED) is 0.677. The molecule has 0 spiro atoms. The summed E-state index contributed by atoms with van der Waals surface area (Å²) < 4.78 is 28.8. The molecule has 2 rings (SSSR count).